The largest absolute Gasteiger partial charge is 0.245 e. The van der Waals surface area contributed by atoms with Gasteiger partial charge in [0.15, 0.2) is 0 Å². The number of rotatable bonds is 5. The average molecular weight is 403 g/mol. The molecule has 0 aromatic heterocycles. The number of halogens is 3. The van der Waals surface area contributed by atoms with E-state index in [0.717, 1.165) is 10.4 Å². The molecule has 1 unspecified atom stereocenters. The molecule has 0 aliphatic rings. The maximum absolute atomic E-state index is 13.7. The molecule has 0 saturated carbocycles. The molecule has 0 N–H and O–H groups in total. The first-order valence-corrected chi connectivity index (χ1v) is 8.45. The summed E-state index contributed by atoms with van der Waals surface area (Å²) < 4.78 is 39.6. The first-order chi connectivity index (χ1) is 8.25. The van der Waals surface area contributed by atoms with Gasteiger partial charge >= 0.3 is 0 Å². The highest BCUT2D eigenvalue weighted by Gasteiger charge is 2.24. The predicted molar refractivity (Wildman–Crippen MR) is 76.9 cm³/mol. The highest BCUT2D eigenvalue weighted by molar-refractivity contribution is 9.10. The van der Waals surface area contributed by atoms with Crippen LogP contribution in [0.25, 0.3) is 0 Å². The minimum Gasteiger partial charge on any atom is -0.207 e. The Morgan fingerprint density at radius 2 is 2.06 bits per heavy atom. The fraction of sp³-hybridized carbons (Fsp3) is 0.455. The number of sulfonamides is 1. The summed E-state index contributed by atoms with van der Waals surface area (Å²) in [5.41, 5.74) is 0. The molecule has 0 bridgehead atoms. The third kappa shape index (κ3) is 4.01. The summed E-state index contributed by atoms with van der Waals surface area (Å²) in [5.74, 6) is -0.747. The first kappa shape index (κ1) is 16.1. The lowest BCUT2D eigenvalue weighted by Crippen LogP contribution is -2.29. The van der Waals surface area contributed by atoms with Gasteiger partial charge in [-0.1, -0.05) is 38.8 Å². The maximum atomic E-state index is 13.7. The van der Waals surface area contributed by atoms with Crippen LogP contribution in [0.3, 0.4) is 0 Å². The summed E-state index contributed by atoms with van der Waals surface area (Å²) in [7, 11) is -2.31. The van der Waals surface area contributed by atoms with Gasteiger partial charge in [0.05, 0.1) is 0 Å². The highest BCUT2D eigenvalue weighted by atomic mass is 79.9. The minimum absolute atomic E-state index is 0.213. The zero-order chi connectivity index (χ0) is 13.9. The van der Waals surface area contributed by atoms with Gasteiger partial charge < -0.3 is 0 Å². The molecule has 1 atom stereocenters. The number of alkyl halides is 1. The van der Waals surface area contributed by atoms with Crippen molar-refractivity contribution in [2.75, 3.05) is 13.6 Å². The molecule has 0 saturated heterocycles. The van der Waals surface area contributed by atoms with Crippen LogP contribution in [0.1, 0.15) is 13.3 Å². The van der Waals surface area contributed by atoms with Crippen LogP contribution in [0, 0.1) is 5.82 Å². The molecule has 0 aliphatic carbocycles. The molecule has 7 heteroatoms. The molecule has 102 valence electrons. The molecular weight excluding hydrogens is 389 g/mol. The van der Waals surface area contributed by atoms with Gasteiger partial charge in [0.1, 0.15) is 10.7 Å². The summed E-state index contributed by atoms with van der Waals surface area (Å²) in [6, 6.07) is 3.92. The second-order valence-corrected chi connectivity index (χ2v) is 8.46. The van der Waals surface area contributed by atoms with Gasteiger partial charge in [-0.05, 0) is 24.6 Å². The molecular formula is C11H14Br2FNO2S. The second kappa shape index (κ2) is 6.45. The molecule has 0 heterocycles. The Kier molecular flexibility index (Phi) is 5.76. The summed E-state index contributed by atoms with van der Waals surface area (Å²) in [6.07, 6.45) is 0.661. The van der Waals surface area contributed by atoms with E-state index >= 15 is 0 Å². The van der Waals surface area contributed by atoms with Crippen LogP contribution in [0.2, 0.25) is 0 Å². The number of hydrogen-bond acceptors (Lipinski definition) is 2. The summed E-state index contributed by atoms with van der Waals surface area (Å²) in [4.78, 5) is -0.0830. The Morgan fingerprint density at radius 3 is 2.56 bits per heavy atom. The second-order valence-electron chi connectivity index (χ2n) is 3.97. The molecule has 1 aromatic rings. The average Bonchev–Trinajstić information content (AvgIpc) is 2.24. The molecule has 0 spiro atoms. The van der Waals surface area contributed by atoms with Crippen molar-refractivity contribution in [3.8, 4) is 0 Å². The standard InChI is InChI=1S/C11H14Br2FNO2S/c1-8(12)5-6-15(2)18(16,17)11-4-3-9(13)7-10(11)14/h3-4,7-8H,5-6H2,1-2H3. The third-order valence-corrected chi connectivity index (χ3v) is 5.27. The van der Waals surface area contributed by atoms with Crippen molar-refractivity contribution in [3.05, 3.63) is 28.5 Å². The van der Waals surface area contributed by atoms with E-state index in [-0.39, 0.29) is 9.72 Å². The quantitative estimate of drug-likeness (QED) is 0.708. The summed E-state index contributed by atoms with van der Waals surface area (Å²) >= 11 is 6.44. The molecule has 1 aromatic carbocycles. The Hall–Kier alpha value is 0.0200. The third-order valence-electron chi connectivity index (χ3n) is 2.42. The van der Waals surface area contributed by atoms with Gasteiger partial charge in [-0.25, -0.2) is 17.1 Å². The van der Waals surface area contributed by atoms with E-state index in [0.29, 0.717) is 17.4 Å². The lowest BCUT2D eigenvalue weighted by molar-refractivity contribution is 0.456. The Labute approximate surface area is 124 Å². The molecule has 3 nitrogen and oxygen atoms in total. The maximum Gasteiger partial charge on any atom is 0.245 e. The van der Waals surface area contributed by atoms with Crippen molar-refractivity contribution in [2.45, 2.75) is 23.1 Å². The van der Waals surface area contributed by atoms with Crippen LogP contribution in [-0.4, -0.2) is 31.1 Å². The van der Waals surface area contributed by atoms with Crippen LogP contribution < -0.4 is 0 Å². The van der Waals surface area contributed by atoms with Gasteiger partial charge in [-0.2, -0.15) is 0 Å². The number of hydrogen-bond donors (Lipinski definition) is 0. The van der Waals surface area contributed by atoms with Gasteiger partial charge in [0.2, 0.25) is 10.0 Å². The van der Waals surface area contributed by atoms with Crippen LogP contribution in [0.4, 0.5) is 4.39 Å². The van der Waals surface area contributed by atoms with Crippen molar-refractivity contribution >= 4 is 41.9 Å². The molecule has 0 amide bonds. The zero-order valence-electron chi connectivity index (χ0n) is 10.0. The van der Waals surface area contributed by atoms with Crippen LogP contribution >= 0.6 is 31.9 Å². The Bertz CT molecular complexity index is 520. The molecule has 0 fully saturated rings. The van der Waals surface area contributed by atoms with E-state index in [1.165, 1.54) is 19.2 Å². The van der Waals surface area contributed by atoms with Crippen molar-refractivity contribution in [1.82, 2.24) is 4.31 Å². The number of nitrogens with zero attached hydrogens (tertiary/aromatic N) is 1. The highest BCUT2D eigenvalue weighted by Crippen LogP contribution is 2.22. The topological polar surface area (TPSA) is 37.4 Å². The van der Waals surface area contributed by atoms with Gasteiger partial charge in [0, 0.05) is 22.9 Å². The van der Waals surface area contributed by atoms with E-state index in [9.17, 15) is 12.8 Å². The fourth-order valence-corrected chi connectivity index (χ4v) is 3.10. The molecule has 0 aliphatic heterocycles. The van der Waals surface area contributed by atoms with Gasteiger partial charge in [0.25, 0.3) is 0 Å². The van der Waals surface area contributed by atoms with Crippen molar-refractivity contribution in [2.24, 2.45) is 0 Å². The van der Waals surface area contributed by atoms with Crippen LogP contribution in [0.5, 0.6) is 0 Å². The molecule has 18 heavy (non-hydrogen) atoms. The van der Waals surface area contributed by atoms with Gasteiger partial charge in [-0.3, -0.25) is 0 Å². The van der Waals surface area contributed by atoms with Crippen molar-refractivity contribution in [1.29, 1.82) is 0 Å². The van der Waals surface area contributed by atoms with Crippen molar-refractivity contribution in [3.63, 3.8) is 0 Å². The predicted octanol–water partition coefficient (Wildman–Crippen LogP) is 3.38. The lowest BCUT2D eigenvalue weighted by Gasteiger charge is -2.18. The van der Waals surface area contributed by atoms with E-state index in [1.807, 2.05) is 6.92 Å². The van der Waals surface area contributed by atoms with E-state index < -0.39 is 15.8 Å². The fourth-order valence-electron chi connectivity index (χ4n) is 1.33. The molecule has 1 rings (SSSR count). The van der Waals surface area contributed by atoms with E-state index in [1.54, 1.807) is 0 Å². The van der Waals surface area contributed by atoms with Crippen LogP contribution in [-0.2, 0) is 10.0 Å². The van der Waals surface area contributed by atoms with E-state index in [4.69, 9.17) is 0 Å². The zero-order valence-corrected chi connectivity index (χ0v) is 14.0. The Morgan fingerprint density at radius 1 is 1.44 bits per heavy atom. The minimum atomic E-state index is -3.77. The van der Waals surface area contributed by atoms with Gasteiger partial charge in [-0.15, -0.1) is 0 Å². The van der Waals surface area contributed by atoms with E-state index in [2.05, 4.69) is 31.9 Å². The first-order valence-electron chi connectivity index (χ1n) is 5.30. The SMILES string of the molecule is CC(Br)CCN(C)S(=O)(=O)c1ccc(Br)cc1F. The number of benzene rings is 1. The van der Waals surface area contributed by atoms with Crippen molar-refractivity contribution < 1.29 is 12.8 Å². The summed E-state index contributed by atoms with van der Waals surface area (Å²) in [6.45, 7) is 2.27. The van der Waals surface area contributed by atoms with Crippen LogP contribution in [0.15, 0.2) is 27.6 Å². The summed E-state index contributed by atoms with van der Waals surface area (Å²) in [5, 5.41) is 0. The lowest BCUT2D eigenvalue weighted by atomic mass is 10.3. The monoisotopic (exact) mass is 401 g/mol. The Balaban J connectivity index is 2.98. The normalized spacial score (nSPS) is 13.9. The smallest absolute Gasteiger partial charge is 0.207 e. The molecule has 0 radical (unpaired) electrons.